The molecule has 0 aliphatic carbocycles. The van der Waals surface area contributed by atoms with Gasteiger partial charge >= 0.3 is 6.18 Å². The largest absolute Gasteiger partial charge is 0.435 e. The van der Waals surface area contributed by atoms with Gasteiger partial charge in [0, 0.05) is 31.1 Å². The summed E-state index contributed by atoms with van der Waals surface area (Å²) in [7, 11) is 1.65. The van der Waals surface area contributed by atoms with Crippen molar-refractivity contribution in [2.45, 2.75) is 6.18 Å². The third kappa shape index (κ3) is 2.40. The standard InChI is InChI=1S/C14H11F3N8/c1-23-5-4-10(21-23)25-13(18)11(12(22-25)14(15,16)17)8-2-3-9-19-7-20-24(9)6-8/h2-7H,18H2,1H3. The predicted molar refractivity (Wildman–Crippen MR) is 81.7 cm³/mol. The first-order chi connectivity index (χ1) is 11.8. The molecule has 4 aromatic rings. The molecule has 0 bridgehead atoms. The van der Waals surface area contributed by atoms with E-state index in [0.717, 1.165) is 4.68 Å². The molecule has 0 unspecified atom stereocenters. The molecule has 0 aliphatic rings. The number of hydrogen-bond donors (Lipinski definition) is 1. The highest BCUT2D eigenvalue weighted by molar-refractivity contribution is 5.78. The number of nitrogens with zero attached hydrogens (tertiary/aromatic N) is 7. The molecule has 4 heterocycles. The van der Waals surface area contributed by atoms with E-state index >= 15 is 0 Å². The number of aryl methyl sites for hydroxylation is 1. The van der Waals surface area contributed by atoms with Crippen molar-refractivity contribution in [3.63, 3.8) is 0 Å². The molecular formula is C14H11F3N8. The van der Waals surface area contributed by atoms with E-state index in [1.807, 2.05) is 0 Å². The lowest BCUT2D eigenvalue weighted by atomic mass is 10.1. The molecule has 2 N–H and O–H groups in total. The molecule has 128 valence electrons. The number of nitrogen functional groups attached to an aromatic ring is 1. The van der Waals surface area contributed by atoms with Crippen molar-refractivity contribution in [3.05, 3.63) is 42.6 Å². The van der Waals surface area contributed by atoms with Crippen LogP contribution in [0.15, 0.2) is 36.9 Å². The van der Waals surface area contributed by atoms with Gasteiger partial charge in [-0.15, -0.1) is 0 Å². The predicted octanol–water partition coefficient (Wildman–Crippen LogP) is 1.92. The van der Waals surface area contributed by atoms with Gasteiger partial charge in [-0.2, -0.15) is 33.1 Å². The molecule has 0 saturated carbocycles. The third-order valence-electron chi connectivity index (χ3n) is 3.67. The number of nitrogens with two attached hydrogens (primary N) is 1. The summed E-state index contributed by atoms with van der Waals surface area (Å²) in [6.45, 7) is 0. The molecule has 0 amide bonds. The van der Waals surface area contributed by atoms with Crippen molar-refractivity contribution in [1.82, 2.24) is 34.2 Å². The average Bonchev–Trinajstić information content (AvgIpc) is 3.23. The monoisotopic (exact) mass is 348 g/mol. The zero-order chi connectivity index (χ0) is 17.8. The highest BCUT2D eigenvalue weighted by Crippen LogP contribution is 2.40. The molecule has 0 aromatic carbocycles. The summed E-state index contributed by atoms with van der Waals surface area (Å²) in [4.78, 5) is 3.97. The Morgan fingerprint density at radius 2 is 1.92 bits per heavy atom. The van der Waals surface area contributed by atoms with Crippen LogP contribution in [-0.4, -0.2) is 34.2 Å². The fourth-order valence-electron chi connectivity index (χ4n) is 2.57. The summed E-state index contributed by atoms with van der Waals surface area (Å²) in [5.41, 5.74) is 5.42. The first kappa shape index (κ1) is 15.2. The maximum atomic E-state index is 13.5. The Bertz CT molecular complexity index is 1070. The Morgan fingerprint density at radius 1 is 1.12 bits per heavy atom. The maximum absolute atomic E-state index is 13.5. The van der Waals surface area contributed by atoms with Crippen molar-refractivity contribution in [2.75, 3.05) is 5.73 Å². The first-order valence-electron chi connectivity index (χ1n) is 7.10. The number of fused-ring (bicyclic) bond motifs is 1. The smallest absolute Gasteiger partial charge is 0.383 e. The van der Waals surface area contributed by atoms with Crippen LogP contribution in [0.2, 0.25) is 0 Å². The zero-order valence-electron chi connectivity index (χ0n) is 12.8. The van der Waals surface area contributed by atoms with Gasteiger partial charge in [-0.25, -0.2) is 9.50 Å². The topological polar surface area (TPSA) is 91.8 Å². The van der Waals surface area contributed by atoms with Crippen molar-refractivity contribution in [1.29, 1.82) is 0 Å². The molecule has 4 rings (SSSR count). The van der Waals surface area contributed by atoms with Crippen LogP contribution >= 0.6 is 0 Å². The SMILES string of the molecule is Cn1ccc(-n2nc(C(F)(F)F)c(-c3ccc4ncnn4c3)c2N)n1. The quantitative estimate of drug-likeness (QED) is 0.597. The molecule has 0 spiro atoms. The number of anilines is 1. The lowest BCUT2D eigenvalue weighted by Gasteiger charge is -2.07. The second kappa shape index (κ2) is 5.06. The first-order valence-corrected chi connectivity index (χ1v) is 7.10. The van der Waals surface area contributed by atoms with Crippen LogP contribution in [0.1, 0.15) is 5.69 Å². The Morgan fingerprint density at radius 3 is 2.60 bits per heavy atom. The molecular weight excluding hydrogens is 337 g/mol. The van der Waals surface area contributed by atoms with Gasteiger partial charge < -0.3 is 5.73 Å². The van der Waals surface area contributed by atoms with Gasteiger partial charge in [-0.1, -0.05) is 0 Å². The van der Waals surface area contributed by atoms with Crippen LogP contribution in [0.3, 0.4) is 0 Å². The van der Waals surface area contributed by atoms with Crippen LogP contribution in [0.5, 0.6) is 0 Å². The summed E-state index contributed by atoms with van der Waals surface area (Å²) in [6, 6.07) is 4.57. The molecule has 0 atom stereocenters. The lowest BCUT2D eigenvalue weighted by molar-refractivity contribution is -0.140. The highest BCUT2D eigenvalue weighted by Gasteiger charge is 2.40. The molecule has 4 aromatic heterocycles. The van der Waals surface area contributed by atoms with E-state index in [1.165, 1.54) is 33.9 Å². The normalized spacial score (nSPS) is 12.2. The van der Waals surface area contributed by atoms with Crippen LogP contribution in [0.4, 0.5) is 19.0 Å². The highest BCUT2D eigenvalue weighted by atomic mass is 19.4. The summed E-state index contributed by atoms with van der Waals surface area (Å²) < 4.78 is 44.3. The van der Waals surface area contributed by atoms with Crippen molar-refractivity contribution in [2.24, 2.45) is 7.05 Å². The van der Waals surface area contributed by atoms with Crippen LogP contribution in [0.25, 0.3) is 22.6 Å². The van der Waals surface area contributed by atoms with Gasteiger partial charge in [0.2, 0.25) is 0 Å². The molecule has 25 heavy (non-hydrogen) atoms. The number of halogens is 3. The van der Waals surface area contributed by atoms with Gasteiger partial charge in [0.1, 0.15) is 12.1 Å². The number of alkyl halides is 3. The van der Waals surface area contributed by atoms with E-state index in [9.17, 15) is 13.2 Å². The van der Waals surface area contributed by atoms with E-state index in [2.05, 4.69) is 20.3 Å². The molecule has 0 fully saturated rings. The fourth-order valence-corrected chi connectivity index (χ4v) is 2.57. The molecule has 0 saturated heterocycles. The lowest BCUT2D eigenvalue weighted by Crippen LogP contribution is -2.09. The Kier molecular flexibility index (Phi) is 3.07. The Hall–Kier alpha value is -3.37. The maximum Gasteiger partial charge on any atom is 0.435 e. The van der Waals surface area contributed by atoms with E-state index in [-0.39, 0.29) is 22.8 Å². The van der Waals surface area contributed by atoms with Crippen molar-refractivity contribution < 1.29 is 13.2 Å². The number of hydrogen-bond acceptors (Lipinski definition) is 5. The molecule has 0 radical (unpaired) electrons. The van der Waals surface area contributed by atoms with Gasteiger partial charge in [-0.05, 0) is 12.1 Å². The van der Waals surface area contributed by atoms with Crippen LogP contribution in [-0.2, 0) is 13.2 Å². The van der Waals surface area contributed by atoms with E-state index < -0.39 is 11.9 Å². The van der Waals surface area contributed by atoms with Crippen LogP contribution in [0, 0.1) is 0 Å². The second-order valence-corrected chi connectivity index (χ2v) is 5.35. The summed E-state index contributed by atoms with van der Waals surface area (Å²) in [5, 5.41) is 11.6. The molecule has 8 nitrogen and oxygen atoms in total. The molecule has 11 heteroatoms. The van der Waals surface area contributed by atoms with Crippen LogP contribution < -0.4 is 5.73 Å². The minimum absolute atomic E-state index is 0.162. The van der Waals surface area contributed by atoms with Crippen molar-refractivity contribution >= 4 is 11.5 Å². The second-order valence-electron chi connectivity index (χ2n) is 5.35. The average molecular weight is 348 g/mol. The third-order valence-corrected chi connectivity index (χ3v) is 3.67. The number of rotatable bonds is 2. The van der Waals surface area contributed by atoms with Gasteiger partial charge in [0.15, 0.2) is 17.2 Å². The minimum atomic E-state index is -4.68. The number of aromatic nitrogens is 7. The summed E-state index contributed by atoms with van der Waals surface area (Å²) in [6.07, 6.45) is -0.357. The zero-order valence-corrected chi connectivity index (χ0v) is 12.8. The summed E-state index contributed by atoms with van der Waals surface area (Å²) in [5.74, 6) is 0.0316. The van der Waals surface area contributed by atoms with E-state index in [4.69, 9.17) is 5.73 Å². The van der Waals surface area contributed by atoms with E-state index in [0.29, 0.717) is 5.65 Å². The van der Waals surface area contributed by atoms with Gasteiger partial charge in [0.25, 0.3) is 0 Å². The Labute approximate surface area is 138 Å². The minimum Gasteiger partial charge on any atom is -0.383 e. The Balaban J connectivity index is 1.97. The summed E-state index contributed by atoms with van der Waals surface area (Å²) >= 11 is 0. The number of pyridine rings is 1. The fraction of sp³-hybridized carbons (Fsp3) is 0.143. The van der Waals surface area contributed by atoms with Gasteiger partial charge in [0.05, 0.1) is 5.56 Å². The van der Waals surface area contributed by atoms with Crippen molar-refractivity contribution in [3.8, 4) is 16.9 Å². The molecule has 0 aliphatic heterocycles. The van der Waals surface area contributed by atoms with Gasteiger partial charge in [-0.3, -0.25) is 4.68 Å². The van der Waals surface area contributed by atoms with E-state index in [1.54, 1.807) is 19.3 Å².